The number of fused-ring (bicyclic) bond motifs is 1. The van der Waals surface area contributed by atoms with Crippen molar-refractivity contribution in [2.45, 2.75) is 6.18 Å². The molecule has 2 aromatic carbocycles. The minimum Gasteiger partial charge on any atom is -0.322 e. The number of nitrogens with zero attached hydrogens (tertiary/aromatic N) is 2. The number of anilines is 3. The van der Waals surface area contributed by atoms with Crippen LogP contribution >= 0.6 is 0 Å². The van der Waals surface area contributed by atoms with Gasteiger partial charge in [-0.1, -0.05) is 6.07 Å². The van der Waals surface area contributed by atoms with E-state index in [1.54, 1.807) is 0 Å². The maximum Gasteiger partial charge on any atom is 0.416 e. The lowest BCUT2D eigenvalue weighted by molar-refractivity contribution is -0.137. The highest BCUT2D eigenvalue weighted by molar-refractivity contribution is 7.94. The van der Waals surface area contributed by atoms with Crippen molar-refractivity contribution in [3.8, 4) is 0 Å². The molecular formula is C16H14F3N3O3S. The number of halogens is 3. The zero-order chi connectivity index (χ0) is 19.3. The molecule has 6 nitrogen and oxygen atoms in total. The Hall–Kier alpha value is -2.75. The lowest BCUT2D eigenvalue weighted by Gasteiger charge is -2.13. The SMILES string of the molecule is CN1c2ccc(NC(=O)c3cccc(C(F)(F)F)c3)cc2N(C)S1(=O)=O. The lowest BCUT2D eigenvalue weighted by Crippen LogP contribution is -2.32. The molecule has 10 heteroatoms. The number of rotatable bonds is 2. The predicted octanol–water partition coefficient (Wildman–Crippen LogP) is 3.09. The number of hydrogen-bond donors (Lipinski definition) is 1. The number of nitrogens with one attached hydrogen (secondary N) is 1. The molecule has 0 saturated carbocycles. The van der Waals surface area contributed by atoms with E-state index in [2.05, 4.69) is 5.32 Å². The molecule has 3 rings (SSSR count). The number of amides is 1. The van der Waals surface area contributed by atoms with Gasteiger partial charge in [-0.2, -0.15) is 21.6 Å². The first-order valence-corrected chi connectivity index (χ1v) is 8.77. The highest BCUT2D eigenvalue weighted by Crippen LogP contribution is 2.40. The van der Waals surface area contributed by atoms with Gasteiger partial charge in [0.1, 0.15) is 0 Å². The third-order valence-corrected chi connectivity index (χ3v) is 5.83. The molecule has 1 aliphatic rings. The summed E-state index contributed by atoms with van der Waals surface area (Å²) in [6, 6.07) is 8.49. The zero-order valence-electron chi connectivity index (χ0n) is 13.7. The molecule has 2 aromatic rings. The maximum atomic E-state index is 12.8. The maximum absolute atomic E-state index is 12.8. The summed E-state index contributed by atoms with van der Waals surface area (Å²) in [5, 5.41) is 2.48. The number of benzene rings is 2. The second-order valence-electron chi connectivity index (χ2n) is 5.68. The Bertz CT molecular complexity index is 990. The number of carbonyl (C=O) groups excluding carboxylic acids is 1. The van der Waals surface area contributed by atoms with Crippen LogP contribution in [0.15, 0.2) is 42.5 Å². The van der Waals surface area contributed by atoms with Gasteiger partial charge < -0.3 is 5.32 Å². The van der Waals surface area contributed by atoms with Crippen LogP contribution in [0.3, 0.4) is 0 Å². The molecule has 26 heavy (non-hydrogen) atoms. The summed E-state index contributed by atoms with van der Waals surface area (Å²) in [7, 11) is -0.881. The fourth-order valence-corrected chi connectivity index (χ4v) is 3.76. The molecular weight excluding hydrogens is 371 g/mol. The van der Waals surface area contributed by atoms with Crippen molar-refractivity contribution in [1.29, 1.82) is 0 Å². The van der Waals surface area contributed by atoms with Crippen molar-refractivity contribution in [3.05, 3.63) is 53.6 Å². The van der Waals surface area contributed by atoms with E-state index in [1.807, 2.05) is 0 Å². The number of hydrogen-bond acceptors (Lipinski definition) is 3. The molecule has 1 heterocycles. The summed E-state index contributed by atoms with van der Waals surface area (Å²) in [5.74, 6) is -0.729. The number of carbonyl (C=O) groups is 1. The monoisotopic (exact) mass is 385 g/mol. The molecule has 0 bridgehead atoms. The molecule has 1 amide bonds. The lowest BCUT2D eigenvalue weighted by atomic mass is 10.1. The molecule has 0 saturated heterocycles. The largest absolute Gasteiger partial charge is 0.416 e. The van der Waals surface area contributed by atoms with E-state index in [0.717, 1.165) is 26.8 Å². The Morgan fingerprint density at radius 1 is 1.00 bits per heavy atom. The third kappa shape index (κ3) is 2.96. The summed E-state index contributed by atoms with van der Waals surface area (Å²) in [6.07, 6.45) is -4.55. The highest BCUT2D eigenvalue weighted by atomic mass is 32.2. The van der Waals surface area contributed by atoms with E-state index in [0.29, 0.717) is 11.4 Å². The Balaban J connectivity index is 1.88. The molecule has 0 unspecified atom stereocenters. The van der Waals surface area contributed by atoms with Gasteiger partial charge in [0.25, 0.3) is 5.91 Å². The summed E-state index contributed by atoms with van der Waals surface area (Å²) < 4.78 is 64.6. The van der Waals surface area contributed by atoms with E-state index >= 15 is 0 Å². The fourth-order valence-electron chi connectivity index (χ4n) is 2.59. The normalized spacial score (nSPS) is 15.7. The quantitative estimate of drug-likeness (QED) is 0.864. The van der Waals surface area contributed by atoms with Crippen molar-refractivity contribution in [2.75, 3.05) is 28.0 Å². The van der Waals surface area contributed by atoms with E-state index in [4.69, 9.17) is 0 Å². The van der Waals surface area contributed by atoms with Crippen molar-refractivity contribution in [3.63, 3.8) is 0 Å². The average Bonchev–Trinajstić information content (AvgIpc) is 2.75. The first-order valence-electron chi connectivity index (χ1n) is 7.37. The molecule has 1 N–H and O–H groups in total. The second kappa shape index (κ2) is 5.90. The minimum absolute atomic E-state index is 0.154. The van der Waals surface area contributed by atoms with E-state index < -0.39 is 27.9 Å². The van der Waals surface area contributed by atoms with Crippen molar-refractivity contribution in [1.82, 2.24) is 0 Å². The molecule has 0 fully saturated rings. The van der Waals surface area contributed by atoms with Gasteiger partial charge in [-0.05, 0) is 36.4 Å². The zero-order valence-corrected chi connectivity index (χ0v) is 14.5. The van der Waals surface area contributed by atoms with Crippen molar-refractivity contribution >= 4 is 33.2 Å². The van der Waals surface area contributed by atoms with E-state index in [1.165, 1.54) is 38.4 Å². The van der Waals surface area contributed by atoms with Crippen LogP contribution < -0.4 is 13.9 Å². The van der Waals surface area contributed by atoms with Crippen molar-refractivity contribution < 1.29 is 26.4 Å². The smallest absolute Gasteiger partial charge is 0.322 e. The van der Waals surface area contributed by atoms with Crippen LogP contribution in [0.2, 0.25) is 0 Å². The van der Waals surface area contributed by atoms with Crippen LogP contribution in [0.5, 0.6) is 0 Å². The van der Waals surface area contributed by atoms with Gasteiger partial charge >= 0.3 is 16.4 Å². The van der Waals surface area contributed by atoms with Gasteiger partial charge in [0.2, 0.25) is 0 Å². The Labute approximate surface area is 148 Å². The van der Waals surface area contributed by atoms with Gasteiger partial charge in [-0.25, -0.2) is 0 Å². The fraction of sp³-hybridized carbons (Fsp3) is 0.188. The molecule has 0 radical (unpaired) electrons. The molecule has 0 aliphatic carbocycles. The second-order valence-corrected chi connectivity index (χ2v) is 7.67. The van der Waals surface area contributed by atoms with Crippen LogP contribution in [-0.2, 0) is 16.4 Å². The summed E-state index contributed by atoms with van der Waals surface area (Å²) in [6.45, 7) is 0. The van der Waals surface area contributed by atoms with Crippen LogP contribution in [0.1, 0.15) is 15.9 Å². The van der Waals surface area contributed by atoms with Gasteiger partial charge in [0.05, 0.1) is 16.9 Å². The first kappa shape index (κ1) is 18.1. The molecule has 0 aromatic heterocycles. The van der Waals surface area contributed by atoms with Crippen LogP contribution in [0.4, 0.5) is 30.2 Å². The summed E-state index contributed by atoms with van der Waals surface area (Å²) in [4.78, 5) is 12.2. The highest BCUT2D eigenvalue weighted by Gasteiger charge is 2.35. The molecule has 138 valence electrons. The minimum atomic E-state index is -4.55. The molecule has 1 aliphatic heterocycles. The Morgan fingerprint density at radius 3 is 2.31 bits per heavy atom. The average molecular weight is 385 g/mol. The van der Waals surface area contributed by atoms with Gasteiger partial charge in [0, 0.05) is 25.3 Å². The summed E-state index contributed by atoms with van der Waals surface area (Å²) in [5.41, 5.74) is -0.0209. The van der Waals surface area contributed by atoms with E-state index in [9.17, 15) is 26.4 Å². The van der Waals surface area contributed by atoms with Gasteiger partial charge in [-0.3, -0.25) is 13.4 Å². The van der Waals surface area contributed by atoms with Gasteiger partial charge in [-0.15, -0.1) is 0 Å². The third-order valence-electron chi connectivity index (χ3n) is 4.06. The number of alkyl halides is 3. The molecule has 0 atom stereocenters. The Kier molecular flexibility index (Phi) is 4.10. The van der Waals surface area contributed by atoms with Crippen LogP contribution in [0, 0.1) is 0 Å². The Morgan fingerprint density at radius 2 is 1.65 bits per heavy atom. The van der Waals surface area contributed by atoms with Gasteiger partial charge in [0.15, 0.2) is 0 Å². The topological polar surface area (TPSA) is 69.7 Å². The molecule has 0 spiro atoms. The standard InChI is InChI=1S/C16H14F3N3O3S/c1-21-13-7-6-12(9-14(13)22(2)26(21,24)25)20-15(23)10-4-3-5-11(8-10)16(17,18)19/h3-9H,1-2H3,(H,20,23). The van der Waals surface area contributed by atoms with E-state index in [-0.39, 0.29) is 11.3 Å². The van der Waals surface area contributed by atoms with Crippen LogP contribution in [-0.4, -0.2) is 28.4 Å². The van der Waals surface area contributed by atoms with Crippen molar-refractivity contribution in [2.24, 2.45) is 0 Å². The van der Waals surface area contributed by atoms with Crippen LogP contribution in [0.25, 0.3) is 0 Å². The first-order chi connectivity index (χ1) is 12.0. The summed E-state index contributed by atoms with van der Waals surface area (Å²) >= 11 is 0. The predicted molar refractivity (Wildman–Crippen MR) is 91.6 cm³/mol.